The molecule has 2 aromatic rings. The second-order valence-corrected chi connectivity index (χ2v) is 3.73. The summed E-state index contributed by atoms with van der Waals surface area (Å²) in [6.45, 7) is 1.82. The number of aromatic nitrogens is 3. The van der Waals surface area contributed by atoms with Crippen molar-refractivity contribution in [2.45, 2.75) is 6.92 Å². The van der Waals surface area contributed by atoms with Gasteiger partial charge in [0.1, 0.15) is 17.3 Å². The summed E-state index contributed by atoms with van der Waals surface area (Å²) in [7, 11) is 3.19. The Bertz CT molecular complexity index is 520. The minimum atomic E-state index is 0.297. The van der Waals surface area contributed by atoms with Crippen LogP contribution in [0.1, 0.15) is 5.82 Å². The monoisotopic (exact) mass is 253 g/mol. The predicted octanol–water partition coefficient (Wildman–Crippen LogP) is 2.25. The summed E-state index contributed by atoms with van der Waals surface area (Å²) >= 11 is 5.98. The van der Waals surface area contributed by atoms with E-state index in [2.05, 4.69) is 10.2 Å². The van der Waals surface area contributed by atoms with Gasteiger partial charge < -0.3 is 9.47 Å². The van der Waals surface area contributed by atoms with E-state index >= 15 is 0 Å². The van der Waals surface area contributed by atoms with Gasteiger partial charge in [0, 0.05) is 6.07 Å². The summed E-state index contributed by atoms with van der Waals surface area (Å²) in [5.74, 6) is 2.06. The molecule has 1 aromatic heterocycles. The minimum Gasteiger partial charge on any atom is -0.497 e. The molecule has 0 aliphatic heterocycles. The van der Waals surface area contributed by atoms with Crippen molar-refractivity contribution < 1.29 is 9.47 Å². The number of rotatable bonds is 3. The summed E-state index contributed by atoms with van der Waals surface area (Å²) in [6, 6.07) is 5.46. The summed E-state index contributed by atoms with van der Waals surface area (Å²) in [5.41, 5.74) is 0.779. The lowest BCUT2D eigenvalue weighted by Crippen LogP contribution is -2.01. The largest absolute Gasteiger partial charge is 0.497 e. The van der Waals surface area contributed by atoms with Gasteiger partial charge in [-0.1, -0.05) is 0 Å². The molecule has 90 valence electrons. The fraction of sp³-hybridized carbons (Fsp3) is 0.273. The Labute approximate surface area is 104 Å². The van der Waals surface area contributed by atoms with Gasteiger partial charge in [-0.15, -0.1) is 10.2 Å². The molecular weight excluding hydrogens is 242 g/mol. The first-order valence-corrected chi connectivity index (χ1v) is 5.35. The lowest BCUT2D eigenvalue weighted by atomic mass is 10.2. The predicted molar refractivity (Wildman–Crippen MR) is 64.2 cm³/mol. The molecule has 0 bridgehead atoms. The maximum atomic E-state index is 5.98. The topological polar surface area (TPSA) is 49.2 Å². The number of nitrogens with zero attached hydrogens (tertiary/aromatic N) is 3. The Kier molecular flexibility index (Phi) is 3.19. The molecule has 0 amide bonds. The van der Waals surface area contributed by atoms with Crippen LogP contribution in [-0.2, 0) is 0 Å². The molecule has 1 heterocycles. The van der Waals surface area contributed by atoms with Crippen molar-refractivity contribution in [3.63, 3.8) is 0 Å². The van der Waals surface area contributed by atoms with Crippen molar-refractivity contribution in [3.05, 3.63) is 29.3 Å². The van der Waals surface area contributed by atoms with Gasteiger partial charge in [0.15, 0.2) is 0 Å². The summed E-state index contributed by atoms with van der Waals surface area (Å²) in [5, 5.41) is 8.00. The Morgan fingerprint density at radius 2 is 1.94 bits per heavy atom. The number of hydrogen-bond donors (Lipinski definition) is 0. The van der Waals surface area contributed by atoms with Gasteiger partial charge in [0.05, 0.1) is 19.9 Å². The van der Waals surface area contributed by atoms with Crippen LogP contribution in [0.4, 0.5) is 0 Å². The Morgan fingerprint density at radius 1 is 1.18 bits per heavy atom. The average Bonchev–Trinajstić information content (AvgIpc) is 2.68. The molecule has 0 aliphatic carbocycles. The van der Waals surface area contributed by atoms with Gasteiger partial charge in [-0.25, -0.2) is 0 Å². The van der Waals surface area contributed by atoms with E-state index in [4.69, 9.17) is 21.1 Å². The highest BCUT2D eigenvalue weighted by molar-refractivity contribution is 6.28. The second-order valence-electron chi connectivity index (χ2n) is 3.39. The second kappa shape index (κ2) is 4.63. The number of methoxy groups -OCH3 is 2. The third-order valence-corrected chi connectivity index (χ3v) is 2.66. The van der Waals surface area contributed by atoms with Crippen molar-refractivity contribution >= 4 is 11.6 Å². The van der Waals surface area contributed by atoms with Crippen molar-refractivity contribution in [2.24, 2.45) is 0 Å². The smallest absolute Gasteiger partial charge is 0.229 e. The van der Waals surface area contributed by atoms with E-state index < -0.39 is 0 Å². The highest BCUT2D eigenvalue weighted by Crippen LogP contribution is 2.30. The number of aryl methyl sites for hydroxylation is 1. The zero-order chi connectivity index (χ0) is 12.4. The van der Waals surface area contributed by atoms with Crippen LogP contribution in [0.5, 0.6) is 11.5 Å². The molecule has 1 aromatic carbocycles. The van der Waals surface area contributed by atoms with Crippen LogP contribution in [0.25, 0.3) is 5.69 Å². The van der Waals surface area contributed by atoms with Crippen LogP contribution < -0.4 is 9.47 Å². The first-order chi connectivity index (χ1) is 8.17. The number of ether oxygens (including phenoxy) is 2. The molecule has 0 atom stereocenters. The van der Waals surface area contributed by atoms with Crippen LogP contribution in [0, 0.1) is 6.92 Å². The van der Waals surface area contributed by atoms with Crippen molar-refractivity contribution in [2.75, 3.05) is 14.2 Å². The van der Waals surface area contributed by atoms with Crippen LogP contribution in [0.2, 0.25) is 5.28 Å². The Hall–Kier alpha value is -1.75. The van der Waals surface area contributed by atoms with Crippen molar-refractivity contribution in [1.82, 2.24) is 14.8 Å². The fourth-order valence-corrected chi connectivity index (χ4v) is 1.83. The number of hydrogen-bond acceptors (Lipinski definition) is 4. The quantitative estimate of drug-likeness (QED) is 0.842. The molecule has 17 heavy (non-hydrogen) atoms. The van der Waals surface area contributed by atoms with Gasteiger partial charge in [-0.2, -0.15) is 0 Å². The molecule has 0 radical (unpaired) electrons. The zero-order valence-corrected chi connectivity index (χ0v) is 10.5. The Balaban J connectivity index is 2.59. The van der Waals surface area contributed by atoms with Gasteiger partial charge in [0.2, 0.25) is 5.28 Å². The minimum absolute atomic E-state index is 0.297. The van der Waals surface area contributed by atoms with E-state index in [0.717, 1.165) is 5.69 Å². The van der Waals surface area contributed by atoms with E-state index in [0.29, 0.717) is 22.6 Å². The summed E-state index contributed by atoms with van der Waals surface area (Å²) < 4.78 is 12.2. The van der Waals surface area contributed by atoms with Crippen LogP contribution in [0.3, 0.4) is 0 Å². The summed E-state index contributed by atoms with van der Waals surface area (Å²) in [6.07, 6.45) is 0. The van der Waals surface area contributed by atoms with Gasteiger partial charge >= 0.3 is 0 Å². The van der Waals surface area contributed by atoms with E-state index in [1.165, 1.54) is 0 Å². The lowest BCUT2D eigenvalue weighted by Gasteiger charge is -2.12. The maximum absolute atomic E-state index is 5.98. The standard InChI is InChI=1S/C11H12ClN3O2/c1-7-13-14-11(12)15(7)9-5-4-8(16-2)6-10(9)17-3/h4-6H,1-3H3. The van der Waals surface area contributed by atoms with Gasteiger partial charge in [0.25, 0.3) is 0 Å². The normalized spacial score (nSPS) is 10.4. The molecule has 0 saturated heterocycles. The van der Waals surface area contributed by atoms with Crippen LogP contribution >= 0.6 is 11.6 Å². The SMILES string of the molecule is COc1ccc(-n2c(C)nnc2Cl)c(OC)c1. The Morgan fingerprint density at radius 3 is 2.47 bits per heavy atom. The van der Waals surface area contributed by atoms with Crippen LogP contribution in [0.15, 0.2) is 18.2 Å². The molecule has 0 saturated carbocycles. The van der Waals surface area contributed by atoms with Gasteiger partial charge in [-0.05, 0) is 30.7 Å². The van der Waals surface area contributed by atoms with E-state index in [1.54, 1.807) is 24.9 Å². The highest BCUT2D eigenvalue weighted by Gasteiger charge is 2.13. The van der Waals surface area contributed by atoms with Gasteiger partial charge in [-0.3, -0.25) is 4.57 Å². The van der Waals surface area contributed by atoms with Crippen LogP contribution in [-0.4, -0.2) is 29.0 Å². The molecular formula is C11H12ClN3O2. The van der Waals surface area contributed by atoms with Crippen molar-refractivity contribution in [3.8, 4) is 17.2 Å². The molecule has 6 heteroatoms. The lowest BCUT2D eigenvalue weighted by molar-refractivity contribution is 0.393. The number of halogens is 1. The van der Waals surface area contributed by atoms with E-state index in [-0.39, 0.29) is 0 Å². The average molecular weight is 254 g/mol. The summed E-state index contributed by atoms with van der Waals surface area (Å²) in [4.78, 5) is 0. The first-order valence-electron chi connectivity index (χ1n) is 4.97. The fourth-order valence-electron chi connectivity index (χ4n) is 1.58. The third kappa shape index (κ3) is 2.06. The highest BCUT2D eigenvalue weighted by atomic mass is 35.5. The molecule has 0 unspecified atom stereocenters. The molecule has 0 N–H and O–H groups in total. The number of benzene rings is 1. The van der Waals surface area contributed by atoms with E-state index in [9.17, 15) is 0 Å². The maximum Gasteiger partial charge on any atom is 0.229 e. The molecule has 5 nitrogen and oxygen atoms in total. The van der Waals surface area contributed by atoms with Crippen molar-refractivity contribution in [1.29, 1.82) is 0 Å². The molecule has 0 aliphatic rings. The molecule has 0 fully saturated rings. The zero-order valence-electron chi connectivity index (χ0n) is 9.77. The van der Waals surface area contributed by atoms with E-state index in [1.807, 2.05) is 19.1 Å². The third-order valence-electron chi connectivity index (χ3n) is 2.41. The molecule has 0 spiro atoms. The molecule has 2 rings (SSSR count). The first kappa shape index (κ1) is 11.7.